The van der Waals surface area contributed by atoms with Gasteiger partial charge in [-0.15, -0.1) is 0 Å². The molecule has 2 saturated carbocycles. The molecular formula is C32H32Cl6O8. The first-order chi connectivity index (χ1) is 21.9. The normalized spacial score (nSPS) is 19.7. The van der Waals surface area contributed by atoms with Gasteiger partial charge in [0.25, 0.3) is 0 Å². The number of hydrogen-bond donors (Lipinski definition) is 0. The minimum absolute atomic E-state index is 0.0916. The van der Waals surface area contributed by atoms with Crippen LogP contribution in [0.1, 0.15) is 85.9 Å². The van der Waals surface area contributed by atoms with Crippen LogP contribution in [0.25, 0.3) is 0 Å². The molecule has 0 heterocycles. The summed E-state index contributed by atoms with van der Waals surface area (Å²) in [5, 5.41) is -1.43. The quantitative estimate of drug-likeness (QED) is 0.0812. The second-order valence-corrected chi connectivity index (χ2v) is 13.8. The summed E-state index contributed by atoms with van der Waals surface area (Å²) in [5.74, 6) is -4.16. The molecule has 0 aromatic heterocycles. The molecule has 0 amide bonds. The molecule has 2 aromatic carbocycles. The number of rotatable bonds is 14. The summed E-state index contributed by atoms with van der Waals surface area (Å²) >= 11 is 37.3. The van der Waals surface area contributed by atoms with Crippen molar-refractivity contribution in [3.8, 4) is 11.5 Å². The fraction of sp³-hybridized carbons (Fsp3) is 0.500. The van der Waals surface area contributed by atoms with Gasteiger partial charge in [0, 0.05) is 0 Å². The standard InChI is InChI=1S/C32H32Cl6O8/c1-3-5-15-11-17(15)7-9-43-29(39)23-25(37)19(33)13-21(35)27(23)45-31(41)32(42)46-28-22(36)14-20(34)26(38)24(28)30(40)44-10-8-18-12-16(18)6-4-2/h13-18H,3-12H2,1-2H3. The van der Waals surface area contributed by atoms with Crippen molar-refractivity contribution in [2.45, 2.75) is 65.2 Å². The Morgan fingerprint density at radius 1 is 0.587 bits per heavy atom. The van der Waals surface area contributed by atoms with Crippen molar-refractivity contribution in [3.05, 3.63) is 53.4 Å². The van der Waals surface area contributed by atoms with Gasteiger partial charge in [-0.25, -0.2) is 19.2 Å². The highest BCUT2D eigenvalue weighted by Gasteiger charge is 2.37. The van der Waals surface area contributed by atoms with Crippen molar-refractivity contribution in [2.75, 3.05) is 13.2 Å². The van der Waals surface area contributed by atoms with Gasteiger partial charge in [0.1, 0.15) is 11.1 Å². The highest BCUT2D eigenvalue weighted by molar-refractivity contribution is 6.47. The summed E-state index contributed by atoms with van der Waals surface area (Å²) in [6.45, 7) is 4.41. The average Bonchev–Trinajstić information content (AvgIpc) is 3.92. The Bertz CT molecular complexity index is 1400. The summed E-state index contributed by atoms with van der Waals surface area (Å²) in [5.41, 5.74) is -0.898. The van der Waals surface area contributed by atoms with Crippen LogP contribution in [0.2, 0.25) is 30.1 Å². The van der Waals surface area contributed by atoms with E-state index in [1.165, 1.54) is 0 Å². The van der Waals surface area contributed by atoms with Gasteiger partial charge in [0.15, 0.2) is 11.5 Å². The van der Waals surface area contributed by atoms with Crippen molar-refractivity contribution in [2.24, 2.45) is 23.7 Å². The minimum Gasteiger partial charge on any atom is -0.462 e. The fourth-order valence-electron chi connectivity index (χ4n) is 5.52. The molecule has 46 heavy (non-hydrogen) atoms. The predicted octanol–water partition coefficient (Wildman–Crippen LogP) is 10.1. The van der Waals surface area contributed by atoms with Crippen molar-refractivity contribution in [1.29, 1.82) is 0 Å². The molecule has 250 valence electrons. The van der Waals surface area contributed by atoms with E-state index >= 15 is 0 Å². The molecule has 0 N–H and O–H groups in total. The van der Waals surface area contributed by atoms with Gasteiger partial charge in [-0.3, -0.25) is 0 Å². The maximum atomic E-state index is 13.0. The Morgan fingerprint density at radius 3 is 1.28 bits per heavy atom. The van der Waals surface area contributed by atoms with Gasteiger partial charge < -0.3 is 18.9 Å². The van der Waals surface area contributed by atoms with Gasteiger partial charge in [-0.05, 0) is 61.5 Å². The maximum absolute atomic E-state index is 13.0. The zero-order valence-corrected chi connectivity index (χ0v) is 29.6. The Balaban J connectivity index is 1.46. The van der Waals surface area contributed by atoms with Crippen molar-refractivity contribution < 1.29 is 38.1 Å². The third-order valence-electron chi connectivity index (χ3n) is 8.12. The van der Waals surface area contributed by atoms with E-state index in [4.69, 9.17) is 88.6 Å². The second-order valence-electron chi connectivity index (χ2n) is 11.4. The number of hydrogen-bond acceptors (Lipinski definition) is 8. The lowest BCUT2D eigenvalue weighted by Gasteiger charge is -2.15. The lowest BCUT2D eigenvalue weighted by Crippen LogP contribution is -2.27. The molecule has 0 bridgehead atoms. The third kappa shape index (κ3) is 9.14. The van der Waals surface area contributed by atoms with Crippen LogP contribution in [0.3, 0.4) is 0 Å². The van der Waals surface area contributed by atoms with Crippen LogP contribution in [0.5, 0.6) is 11.5 Å². The van der Waals surface area contributed by atoms with Crippen LogP contribution < -0.4 is 9.47 Å². The van der Waals surface area contributed by atoms with Crippen molar-refractivity contribution in [3.63, 3.8) is 0 Å². The molecule has 0 saturated heterocycles. The smallest absolute Gasteiger partial charge is 0.423 e. The Hall–Kier alpha value is -1.94. The van der Waals surface area contributed by atoms with E-state index in [1.807, 2.05) is 0 Å². The van der Waals surface area contributed by atoms with Gasteiger partial charge in [0.05, 0.1) is 43.3 Å². The van der Waals surface area contributed by atoms with Crippen LogP contribution in [0.15, 0.2) is 12.1 Å². The van der Waals surface area contributed by atoms with E-state index in [-0.39, 0.29) is 43.3 Å². The molecule has 2 fully saturated rings. The molecule has 2 aromatic rings. The van der Waals surface area contributed by atoms with Crippen LogP contribution >= 0.6 is 69.6 Å². The van der Waals surface area contributed by atoms with E-state index < -0.39 is 46.5 Å². The first-order valence-electron chi connectivity index (χ1n) is 15.0. The van der Waals surface area contributed by atoms with E-state index in [9.17, 15) is 19.2 Å². The molecule has 8 nitrogen and oxygen atoms in total. The number of ether oxygens (including phenoxy) is 4. The molecule has 4 atom stereocenters. The lowest BCUT2D eigenvalue weighted by molar-refractivity contribution is -0.156. The summed E-state index contributed by atoms with van der Waals surface area (Å²) in [6.07, 6.45) is 7.83. The molecule has 2 aliphatic rings. The van der Waals surface area contributed by atoms with Gasteiger partial charge in [0.2, 0.25) is 0 Å². The summed E-state index contributed by atoms with van der Waals surface area (Å²) in [7, 11) is 0. The first-order valence-corrected chi connectivity index (χ1v) is 17.3. The lowest BCUT2D eigenvalue weighted by atomic mass is 10.1. The number of benzene rings is 2. The van der Waals surface area contributed by atoms with Crippen molar-refractivity contribution >= 4 is 93.5 Å². The largest absolute Gasteiger partial charge is 0.462 e. The van der Waals surface area contributed by atoms with E-state index in [0.29, 0.717) is 36.5 Å². The SMILES string of the molecule is CCCC1CC1CCOC(=O)c1c(Cl)c(Cl)cc(Cl)c1OC(=O)C(=O)Oc1c(Cl)cc(Cl)c(Cl)c1C(=O)OCCC1CC1CCC. The predicted molar refractivity (Wildman–Crippen MR) is 177 cm³/mol. The van der Waals surface area contributed by atoms with Crippen LogP contribution in [-0.2, 0) is 19.1 Å². The van der Waals surface area contributed by atoms with Gasteiger partial charge >= 0.3 is 23.9 Å². The Labute approximate surface area is 297 Å². The van der Waals surface area contributed by atoms with E-state index in [2.05, 4.69) is 13.8 Å². The zero-order valence-electron chi connectivity index (χ0n) is 25.1. The molecule has 4 rings (SSSR count). The van der Waals surface area contributed by atoms with Crippen LogP contribution in [0, 0.1) is 23.7 Å². The van der Waals surface area contributed by atoms with Crippen molar-refractivity contribution in [1.82, 2.24) is 0 Å². The topological polar surface area (TPSA) is 105 Å². The van der Waals surface area contributed by atoms with Crippen LogP contribution in [0.4, 0.5) is 0 Å². The highest BCUT2D eigenvalue weighted by Crippen LogP contribution is 2.46. The third-order valence-corrected chi connectivity index (χ3v) is 10.3. The molecule has 0 aliphatic heterocycles. The number of carbonyl (C=O) groups excluding carboxylic acids is 4. The molecule has 0 radical (unpaired) electrons. The van der Waals surface area contributed by atoms with E-state index in [1.54, 1.807) is 0 Å². The number of carbonyl (C=O) groups is 4. The molecule has 14 heteroatoms. The highest BCUT2D eigenvalue weighted by atomic mass is 35.5. The number of esters is 4. The van der Waals surface area contributed by atoms with E-state index in [0.717, 1.165) is 50.7 Å². The molecule has 2 aliphatic carbocycles. The van der Waals surface area contributed by atoms with Gasteiger partial charge in [-0.1, -0.05) is 109 Å². The molecular weight excluding hydrogens is 725 g/mol. The average molecular weight is 757 g/mol. The second kappa shape index (κ2) is 16.4. The molecule has 4 unspecified atom stereocenters. The zero-order chi connectivity index (χ0) is 33.7. The Kier molecular flexibility index (Phi) is 13.2. The van der Waals surface area contributed by atoms with Crippen LogP contribution in [-0.4, -0.2) is 37.1 Å². The fourth-order valence-corrected chi connectivity index (χ4v) is 6.96. The summed E-state index contributed by atoms with van der Waals surface area (Å²) < 4.78 is 21.1. The monoisotopic (exact) mass is 754 g/mol. The molecule has 0 spiro atoms. The minimum atomic E-state index is -1.63. The first kappa shape index (κ1) is 36.9. The Morgan fingerprint density at radius 2 is 0.935 bits per heavy atom. The maximum Gasteiger partial charge on any atom is 0.423 e. The summed E-state index contributed by atoms with van der Waals surface area (Å²) in [4.78, 5) is 51.9. The number of halogens is 6. The summed E-state index contributed by atoms with van der Waals surface area (Å²) in [6, 6.07) is 2.26. The van der Waals surface area contributed by atoms with Gasteiger partial charge in [-0.2, -0.15) is 0 Å².